The van der Waals surface area contributed by atoms with Gasteiger partial charge in [-0.3, -0.25) is 9.59 Å². The van der Waals surface area contributed by atoms with Gasteiger partial charge in [0.05, 0.1) is 31.9 Å². The Kier molecular flexibility index (Phi) is 9.11. The van der Waals surface area contributed by atoms with Gasteiger partial charge in [0.1, 0.15) is 17.9 Å². The third-order valence-electron chi connectivity index (χ3n) is 5.22. The van der Waals surface area contributed by atoms with Crippen LogP contribution in [0.5, 0.6) is 5.75 Å². The number of esters is 1. The van der Waals surface area contributed by atoms with Gasteiger partial charge in [0, 0.05) is 16.9 Å². The third kappa shape index (κ3) is 6.02. The minimum atomic E-state index is -1.31. The first-order chi connectivity index (χ1) is 15.1. The molecule has 10 heteroatoms. The minimum Gasteiger partial charge on any atom is -0.496 e. The molecule has 0 radical (unpaired) electrons. The van der Waals surface area contributed by atoms with Crippen molar-refractivity contribution in [2.75, 3.05) is 20.5 Å². The Hall–Kier alpha value is -2.56. The second-order valence-corrected chi connectivity index (χ2v) is 8.62. The van der Waals surface area contributed by atoms with Crippen molar-refractivity contribution >= 4 is 29.5 Å². The van der Waals surface area contributed by atoms with Crippen molar-refractivity contribution in [3.05, 3.63) is 35.4 Å². The van der Waals surface area contributed by atoms with Gasteiger partial charge in [0.15, 0.2) is 0 Å². The summed E-state index contributed by atoms with van der Waals surface area (Å²) in [6, 6.07) is 3.20. The molecule has 32 heavy (non-hydrogen) atoms. The maximum absolute atomic E-state index is 12.8. The molecular weight excluding hydrogens is 436 g/mol. The van der Waals surface area contributed by atoms with E-state index in [1.807, 2.05) is 6.26 Å². The number of benzene rings is 1. The molecule has 0 fully saturated rings. The Morgan fingerprint density at radius 2 is 1.84 bits per heavy atom. The molecule has 0 bridgehead atoms. The van der Waals surface area contributed by atoms with Crippen molar-refractivity contribution < 1.29 is 34.1 Å². The van der Waals surface area contributed by atoms with Crippen LogP contribution in [0.1, 0.15) is 30.6 Å². The summed E-state index contributed by atoms with van der Waals surface area (Å²) in [5.74, 6) is -1.56. The van der Waals surface area contributed by atoms with Crippen LogP contribution in [0.4, 0.5) is 0 Å². The molecule has 176 valence electrons. The maximum atomic E-state index is 12.8. The molecule has 0 aliphatic heterocycles. The van der Waals surface area contributed by atoms with Gasteiger partial charge in [-0.05, 0) is 30.4 Å². The zero-order valence-electron chi connectivity index (χ0n) is 18.7. The minimum absolute atomic E-state index is 0.128. The number of hydrogen-bond donors (Lipinski definition) is 4. The molecule has 1 aliphatic rings. The van der Waals surface area contributed by atoms with Crippen molar-refractivity contribution in [2.45, 2.75) is 49.5 Å². The Bertz CT molecular complexity index is 887. The smallest absolute Gasteiger partial charge is 0.328 e. The number of hydrogen-bond acceptors (Lipinski definition) is 8. The van der Waals surface area contributed by atoms with E-state index >= 15 is 0 Å². The highest BCUT2D eigenvalue weighted by Gasteiger charge is 2.35. The Labute approximate surface area is 191 Å². The quantitative estimate of drug-likeness (QED) is 0.328. The maximum Gasteiger partial charge on any atom is 0.328 e. The molecule has 0 saturated heterocycles. The number of ether oxygens (including phenoxy) is 2. The van der Waals surface area contributed by atoms with Gasteiger partial charge in [-0.25, -0.2) is 4.79 Å². The van der Waals surface area contributed by atoms with Crippen molar-refractivity contribution in [2.24, 2.45) is 5.92 Å². The van der Waals surface area contributed by atoms with Crippen LogP contribution in [0.15, 0.2) is 34.7 Å². The van der Waals surface area contributed by atoms with Gasteiger partial charge < -0.3 is 30.3 Å². The number of aliphatic hydroxyl groups excluding tert-OH is 2. The average molecular weight is 467 g/mol. The summed E-state index contributed by atoms with van der Waals surface area (Å²) in [7, 11) is 2.68. The van der Waals surface area contributed by atoms with Crippen LogP contribution in [-0.4, -0.2) is 72.8 Å². The molecule has 0 aromatic heterocycles. The lowest BCUT2D eigenvalue weighted by atomic mass is 9.89. The largest absolute Gasteiger partial charge is 0.496 e. The SMILES string of the molecule is COC(=O)C(NC(=O)C1=CC(NC(=O)c2ccc(SC)cc2OC)C(O)C(O)C1)C(C)C. The summed E-state index contributed by atoms with van der Waals surface area (Å²) in [5, 5.41) is 25.9. The van der Waals surface area contributed by atoms with Crippen LogP contribution >= 0.6 is 11.8 Å². The van der Waals surface area contributed by atoms with Crippen molar-refractivity contribution in [1.82, 2.24) is 10.6 Å². The van der Waals surface area contributed by atoms with Gasteiger partial charge in [-0.1, -0.05) is 19.9 Å². The highest BCUT2D eigenvalue weighted by atomic mass is 32.2. The molecule has 9 nitrogen and oxygen atoms in total. The lowest BCUT2D eigenvalue weighted by Crippen LogP contribution is -2.52. The topological polar surface area (TPSA) is 134 Å². The van der Waals surface area contributed by atoms with Gasteiger partial charge in [-0.2, -0.15) is 0 Å². The summed E-state index contributed by atoms with van der Waals surface area (Å²) < 4.78 is 10.0. The Balaban J connectivity index is 2.24. The monoisotopic (exact) mass is 466 g/mol. The number of nitrogens with one attached hydrogen (secondary N) is 2. The number of methoxy groups -OCH3 is 2. The summed E-state index contributed by atoms with van der Waals surface area (Å²) in [5.41, 5.74) is 0.398. The Morgan fingerprint density at radius 3 is 2.41 bits per heavy atom. The number of carbonyl (C=O) groups is 3. The fraction of sp³-hybridized carbons (Fsp3) is 0.500. The fourth-order valence-corrected chi connectivity index (χ4v) is 3.77. The summed E-state index contributed by atoms with van der Waals surface area (Å²) in [6.07, 6.45) is 0.574. The van der Waals surface area contributed by atoms with E-state index in [-0.39, 0.29) is 23.5 Å². The molecule has 0 saturated carbocycles. The van der Waals surface area contributed by atoms with Crippen molar-refractivity contribution in [3.63, 3.8) is 0 Å². The molecule has 1 aromatic rings. The lowest BCUT2D eigenvalue weighted by molar-refractivity contribution is -0.146. The first kappa shape index (κ1) is 25.7. The Morgan fingerprint density at radius 1 is 1.16 bits per heavy atom. The highest BCUT2D eigenvalue weighted by molar-refractivity contribution is 7.98. The molecule has 0 spiro atoms. The zero-order chi connectivity index (χ0) is 24.0. The second-order valence-electron chi connectivity index (χ2n) is 7.74. The molecule has 0 heterocycles. The summed E-state index contributed by atoms with van der Waals surface area (Å²) >= 11 is 1.50. The molecule has 4 N–H and O–H groups in total. The molecular formula is C22H30N2O7S. The number of carbonyl (C=O) groups excluding carboxylic acids is 3. The van der Waals surface area contributed by atoms with Crippen molar-refractivity contribution in [3.8, 4) is 5.75 Å². The van der Waals surface area contributed by atoms with Gasteiger partial charge in [0.2, 0.25) is 5.91 Å². The second kappa shape index (κ2) is 11.3. The van der Waals surface area contributed by atoms with Gasteiger partial charge >= 0.3 is 5.97 Å². The molecule has 1 aromatic carbocycles. The molecule has 4 unspecified atom stereocenters. The predicted octanol–water partition coefficient (Wildman–Crippen LogP) is 0.881. The highest BCUT2D eigenvalue weighted by Crippen LogP contribution is 2.26. The van der Waals surface area contributed by atoms with Crippen LogP contribution < -0.4 is 15.4 Å². The molecule has 2 rings (SSSR count). The number of aliphatic hydroxyl groups is 2. The molecule has 4 atom stereocenters. The van der Waals surface area contributed by atoms with Crippen molar-refractivity contribution in [1.29, 1.82) is 0 Å². The van der Waals surface area contributed by atoms with Crippen LogP contribution in [0.3, 0.4) is 0 Å². The van der Waals surface area contributed by atoms with Gasteiger partial charge in [-0.15, -0.1) is 11.8 Å². The molecule has 2 amide bonds. The van der Waals surface area contributed by atoms with E-state index in [1.165, 1.54) is 32.1 Å². The third-order valence-corrected chi connectivity index (χ3v) is 5.95. The predicted molar refractivity (Wildman–Crippen MR) is 120 cm³/mol. The van der Waals surface area contributed by atoms with E-state index in [2.05, 4.69) is 10.6 Å². The normalized spacial score (nSPS) is 21.4. The van der Waals surface area contributed by atoms with Crippen LogP contribution in [0.25, 0.3) is 0 Å². The average Bonchev–Trinajstić information content (AvgIpc) is 2.78. The summed E-state index contributed by atoms with van der Waals surface area (Å²) in [6.45, 7) is 3.52. The number of amides is 2. The number of thioether (sulfide) groups is 1. The van der Waals surface area contributed by atoms with Crippen LogP contribution in [0, 0.1) is 5.92 Å². The first-order valence-corrected chi connectivity index (χ1v) is 11.3. The van der Waals surface area contributed by atoms with E-state index in [0.29, 0.717) is 5.75 Å². The van der Waals surface area contributed by atoms with E-state index < -0.39 is 42.1 Å². The standard InChI is InChI=1S/C22H30N2O7S/c1-11(2)18(22(29)31-4)24-20(27)12-8-15(19(26)16(25)9-12)23-21(28)14-7-6-13(32-5)10-17(14)30-3/h6-8,10-11,15-16,18-19,25-26H,9H2,1-5H3,(H,23,28)(H,24,27). The van der Waals surface area contributed by atoms with Gasteiger partial charge in [0.25, 0.3) is 5.91 Å². The zero-order valence-corrected chi connectivity index (χ0v) is 19.6. The van der Waals surface area contributed by atoms with E-state index in [0.717, 1.165) is 4.90 Å². The van der Waals surface area contributed by atoms with Crippen LogP contribution in [0.2, 0.25) is 0 Å². The van der Waals surface area contributed by atoms with Crippen LogP contribution in [-0.2, 0) is 14.3 Å². The number of rotatable bonds is 8. The fourth-order valence-electron chi connectivity index (χ4n) is 3.34. The lowest BCUT2D eigenvalue weighted by Gasteiger charge is -2.31. The van der Waals surface area contributed by atoms with E-state index in [9.17, 15) is 24.6 Å². The van der Waals surface area contributed by atoms with E-state index in [1.54, 1.807) is 32.0 Å². The molecule has 1 aliphatic carbocycles. The summed E-state index contributed by atoms with van der Waals surface area (Å²) in [4.78, 5) is 38.4. The first-order valence-electron chi connectivity index (χ1n) is 10.1. The van der Waals surface area contributed by atoms with E-state index in [4.69, 9.17) is 9.47 Å².